The van der Waals surface area contributed by atoms with Crippen LogP contribution >= 0.6 is 23.2 Å². The summed E-state index contributed by atoms with van der Waals surface area (Å²) >= 11 is 12.6. The van der Waals surface area contributed by atoms with Gasteiger partial charge in [0.2, 0.25) is 0 Å². The molecule has 0 aliphatic heterocycles. The van der Waals surface area contributed by atoms with Crippen molar-refractivity contribution in [3.05, 3.63) is 81.8 Å². The van der Waals surface area contributed by atoms with Crippen LogP contribution < -0.4 is 10.1 Å². The molecule has 1 amide bonds. The van der Waals surface area contributed by atoms with E-state index in [4.69, 9.17) is 27.9 Å². The summed E-state index contributed by atoms with van der Waals surface area (Å²) in [7, 11) is -3.09. The third-order valence-corrected chi connectivity index (χ3v) is 7.15. The number of carbonyl (C=O) groups excluding carboxylic acids is 1. The number of carbonyl (C=O) groups is 1. The molecule has 0 heterocycles. The van der Waals surface area contributed by atoms with E-state index < -0.39 is 26.7 Å². The zero-order valence-corrected chi connectivity index (χ0v) is 21.7. The Bertz CT molecular complexity index is 1690. The number of aryl methyl sites for hydroxylation is 1. The van der Waals surface area contributed by atoms with E-state index in [0.29, 0.717) is 22.1 Å². The highest BCUT2D eigenvalue weighted by Gasteiger charge is 2.21. The Balaban J connectivity index is 1.82. The molecule has 0 fully saturated rings. The Morgan fingerprint density at radius 1 is 1.00 bits per heavy atom. The van der Waals surface area contributed by atoms with Gasteiger partial charge in [-0.2, -0.15) is 8.42 Å². The van der Waals surface area contributed by atoms with E-state index >= 15 is 0 Å². The Morgan fingerprint density at radius 2 is 1.73 bits per heavy atom. The van der Waals surface area contributed by atoms with Crippen LogP contribution in [0.1, 0.15) is 15.9 Å². The Kier molecular flexibility index (Phi) is 7.37. The first kappa shape index (κ1) is 26.4. The highest BCUT2D eigenvalue weighted by molar-refractivity contribution is 7.85. The zero-order valence-electron chi connectivity index (χ0n) is 19.4. The van der Waals surface area contributed by atoms with Gasteiger partial charge in [-0.15, -0.1) is 10.2 Å². The summed E-state index contributed by atoms with van der Waals surface area (Å²) < 4.78 is 37.8. The van der Waals surface area contributed by atoms with Crippen molar-refractivity contribution in [1.29, 1.82) is 0 Å². The molecule has 9 nitrogen and oxygen atoms in total. The van der Waals surface area contributed by atoms with Gasteiger partial charge in [0.05, 0.1) is 28.3 Å². The molecule has 0 saturated heterocycles. The number of nitrogens with zero attached hydrogens (tertiary/aromatic N) is 2. The number of anilines is 1. The topological polar surface area (TPSA) is 138 Å². The van der Waals surface area contributed by atoms with Crippen LogP contribution in [-0.4, -0.2) is 31.1 Å². The number of benzene rings is 4. The molecule has 0 spiro atoms. The van der Waals surface area contributed by atoms with Crippen LogP contribution in [0.2, 0.25) is 10.0 Å². The van der Waals surface area contributed by atoms with Gasteiger partial charge in [0.1, 0.15) is 22.1 Å². The molecule has 3 N–H and O–H groups in total. The number of fused-ring (bicyclic) bond motifs is 1. The van der Waals surface area contributed by atoms with E-state index in [1.54, 1.807) is 42.5 Å². The van der Waals surface area contributed by atoms with Crippen molar-refractivity contribution in [1.82, 2.24) is 0 Å². The van der Waals surface area contributed by atoms with Crippen molar-refractivity contribution >= 4 is 67.1 Å². The minimum atomic E-state index is -4.53. The molecule has 0 unspecified atom stereocenters. The van der Waals surface area contributed by atoms with Crippen molar-refractivity contribution in [2.45, 2.75) is 11.8 Å². The molecule has 4 rings (SSSR count). The SMILES string of the molecule is COc1cccc(NC(=O)c2cc3ccccc3c(N=Nc3cc(S(=O)(=O)O)cc(C)c3Cl)c2O)c1Cl. The second kappa shape index (κ2) is 10.3. The van der Waals surface area contributed by atoms with E-state index in [1.807, 2.05) is 0 Å². The normalized spacial score (nSPS) is 11.7. The van der Waals surface area contributed by atoms with Crippen LogP contribution in [-0.2, 0) is 10.1 Å². The first-order valence-electron chi connectivity index (χ1n) is 10.6. The lowest BCUT2D eigenvalue weighted by atomic mass is 10.0. The molecule has 12 heteroatoms. The number of nitrogens with one attached hydrogen (secondary N) is 1. The summed E-state index contributed by atoms with van der Waals surface area (Å²) in [6, 6.07) is 15.4. The van der Waals surface area contributed by atoms with E-state index in [9.17, 15) is 22.9 Å². The molecule has 0 saturated carbocycles. The molecular weight excluding hydrogens is 541 g/mol. The molecule has 0 atom stereocenters. The fourth-order valence-corrected chi connectivity index (χ4v) is 4.57. The molecule has 190 valence electrons. The lowest BCUT2D eigenvalue weighted by molar-refractivity contribution is 0.102. The van der Waals surface area contributed by atoms with Crippen LogP contribution in [0.25, 0.3) is 10.8 Å². The van der Waals surface area contributed by atoms with Crippen molar-refractivity contribution in [3.63, 3.8) is 0 Å². The maximum Gasteiger partial charge on any atom is 0.294 e. The molecule has 0 radical (unpaired) electrons. The van der Waals surface area contributed by atoms with Crippen LogP contribution in [0.15, 0.2) is 75.8 Å². The van der Waals surface area contributed by atoms with E-state index in [-0.39, 0.29) is 32.7 Å². The lowest BCUT2D eigenvalue weighted by Crippen LogP contribution is -2.12. The van der Waals surface area contributed by atoms with E-state index in [0.717, 1.165) is 6.07 Å². The fourth-order valence-electron chi connectivity index (χ4n) is 3.59. The number of phenols is 1. The monoisotopic (exact) mass is 559 g/mol. The summed E-state index contributed by atoms with van der Waals surface area (Å²) in [4.78, 5) is 12.7. The predicted octanol–water partition coefficient (Wildman–Crippen LogP) is 7.08. The van der Waals surface area contributed by atoms with Gasteiger partial charge in [-0.1, -0.05) is 53.5 Å². The van der Waals surface area contributed by atoms with Crippen molar-refractivity contribution in [2.75, 3.05) is 12.4 Å². The largest absolute Gasteiger partial charge is 0.505 e. The third kappa shape index (κ3) is 5.37. The zero-order chi connectivity index (χ0) is 26.9. The highest BCUT2D eigenvalue weighted by Crippen LogP contribution is 2.41. The van der Waals surface area contributed by atoms with Gasteiger partial charge in [-0.3, -0.25) is 9.35 Å². The van der Waals surface area contributed by atoms with Crippen molar-refractivity contribution < 1.29 is 27.6 Å². The number of azo groups is 1. The maximum atomic E-state index is 13.2. The smallest absolute Gasteiger partial charge is 0.294 e. The molecule has 0 aliphatic carbocycles. The van der Waals surface area contributed by atoms with Crippen molar-refractivity contribution in [3.8, 4) is 11.5 Å². The third-order valence-electron chi connectivity index (χ3n) is 5.44. The number of halogens is 2. The minimum Gasteiger partial charge on any atom is -0.505 e. The van der Waals surface area contributed by atoms with E-state index in [2.05, 4.69) is 15.5 Å². The van der Waals surface area contributed by atoms with Crippen LogP contribution in [0.5, 0.6) is 11.5 Å². The van der Waals surface area contributed by atoms with Gasteiger partial charge >= 0.3 is 0 Å². The van der Waals surface area contributed by atoms with Crippen LogP contribution in [0.4, 0.5) is 17.1 Å². The fraction of sp³-hybridized carbons (Fsp3) is 0.0800. The number of hydrogen-bond acceptors (Lipinski definition) is 7. The van der Waals surface area contributed by atoms with Crippen LogP contribution in [0.3, 0.4) is 0 Å². The molecule has 0 aromatic heterocycles. The number of aromatic hydroxyl groups is 1. The summed E-state index contributed by atoms with van der Waals surface area (Å²) in [5, 5.41) is 23.2. The van der Waals surface area contributed by atoms with Gasteiger partial charge < -0.3 is 15.2 Å². The molecule has 4 aromatic carbocycles. The van der Waals surface area contributed by atoms with Gasteiger partial charge in [0.15, 0.2) is 5.75 Å². The van der Waals surface area contributed by atoms with Gasteiger partial charge in [-0.25, -0.2) is 0 Å². The number of hydrogen-bond donors (Lipinski definition) is 3. The maximum absolute atomic E-state index is 13.2. The number of ether oxygens (including phenoxy) is 1. The number of amides is 1. The Morgan fingerprint density at radius 3 is 2.43 bits per heavy atom. The average molecular weight is 560 g/mol. The van der Waals surface area contributed by atoms with Gasteiger partial charge in [0, 0.05) is 5.39 Å². The standard InChI is InChI=1S/C25H19Cl2N3O6S/c1-13-10-15(37(33,34)35)12-19(21(13)26)29-30-23-16-7-4-3-6-14(16)11-17(24(23)31)25(32)28-18-8-5-9-20(36-2)22(18)27/h3-12,31H,1-2H3,(H,28,32)(H,33,34,35). The first-order valence-corrected chi connectivity index (χ1v) is 12.8. The predicted molar refractivity (Wildman–Crippen MR) is 142 cm³/mol. The molecule has 0 aliphatic rings. The second-order valence-corrected chi connectivity index (χ2v) is 10.0. The molecule has 0 bridgehead atoms. The molecular formula is C25H19Cl2N3O6S. The van der Waals surface area contributed by atoms with Crippen molar-refractivity contribution in [2.24, 2.45) is 10.2 Å². The quantitative estimate of drug-likeness (QED) is 0.170. The Labute approximate surface area is 222 Å². The average Bonchev–Trinajstić information content (AvgIpc) is 2.86. The molecule has 4 aromatic rings. The van der Waals surface area contributed by atoms with Gasteiger partial charge in [0.25, 0.3) is 16.0 Å². The first-order chi connectivity index (χ1) is 17.5. The number of methoxy groups -OCH3 is 1. The van der Waals surface area contributed by atoms with E-state index in [1.165, 1.54) is 26.2 Å². The molecule has 37 heavy (non-hydrogen) atoms. The summed E-state index contributed by atoms with van der Waals surface area (Å²) in [6.45, 7) is 1.54. The van der Waals surface area contributed by atoms with Gasteiger partial charge in [-0.05, 0) is 48.2 Å². The second-order valence-electron chi connectivity index (χ2n) is 7.87. The minimum absolute atomic E-state index is 0.0500. The summed E-state index contributed by atoms with van der Waals surface area (Å²) in [5.41, 5.74) is 0.386. The summed E-state index contributed by atoms with van der Waals surface area (Å²) in [6.07, 6.45) is 0. The highest BCUT2D eigenvalue weighted by atomic mass is 35.5. The summed E-state index contributed by atoms with van der Waals surface area (Å²) in [5.74, 6) is -0.786. The Hall–Kier alpha value is -3.70. The number of rotatable bonds is 6. The lowest BCUT2D eigenvalue weighted by Gasteiger charge is -2.13. The number of phenolic OH excluding ortho intramolecular Hbond substituents is 1. The van der Waals surface area contributed by atoms with Crippen LogP contribution in [0, 0.1) is 6.92 Å².